The van der Waals surface area contributed by atoms with Crippen LogP contribution in [0, 0.1) is 6.92 Å². The van der Waals surface area contributed by atoms with E-state index in [9.17, 15) is 13.2 Å². The van der Waals surface area contributed by atoms with E-state index in [1.54, 1.807) is 37.3 Å². The molecule has 34 heavy (non-hydrogen) atoms. The van der Waals surface area contributed by atoms with Gasteiger partial charge >= 0.3 is 0 Å². The van der Waals surface area contributed by atoms with Gasteiger partial charge in [-0.25, -0.2) is 12.4 Å². The number of amides is 1. The van der Waals surface area contributed by atoms with Crippen molar-refractivity contribution in [2.45, 2.75) is 31.4 Å². The lowest BCUT2D eigenvalue weighted by atomic mass is 10.0. The highest BCUT2D eigenvalue weighted by Gasteiger charge is 2.47. The van der Waals surface area contributed by atoms with Gasteiger partial charge in [0.25, 0.3) is 10.0 Å². The van der Waals surface area contributed by atoms with E-state index in [4.69, 9.17) is 4.74 Å². The minimum atomic E-state index is -3.90. The first kappa shape index (κ1) is 21.9. The van der Waals surface area contributed by atoms with Gasteiger partial charge in [0.2, 0.25) is 17.5 Å². The molecule has 0 spiro atoms. The molecule has 7 nitrogen and oxygen atoms in total. The molecule has 1 unspecified atom stereocenters. The van der Waals surface area contributed by atoms with Crippen molar-refractivity contribution in [1.29, 1.82) is 0 Å². The monoisotopic (exact) mass is 473 g/mol. The number of carbonyl (C=O) groups is 1. The SMILES string of the molecule is CC(=O)N1N=C(c2ccccc2)OC1(C)c1cn(S(=O)(=O)c2ccccc2)c2cc(C)ccc12. The Morgan fingerprint density at radius 3 is 2.26 bits per heavy atom. The van der Waals surface area contributed by atoms with Crippen LogP contribution in [0.2, 0.25) is 0 Å². The third-order valence-corrected chi connectivity index (χ3v) is 7.62. The van der Waals surface area contributed by atoms with Crippen LogP contribution in [-0.2, 0) is 25.3 Å². The fraction of sp³-hybridized carbons (Fsp3) is 0.154. The predicted octanol–water partition coefficient (Wildman–Crippen LogP) is 4.60. The van der Waals surface area contributed by atoms with Crippen molar-refractivity contribution in [2.75, 3.05) is 0 Å². The number of carbonyl (C=O) groups excluding carboxylic acids is 1. The maximum atomic E-state index is 13.6. The van der Waals surface area contributed by atoms with Gasteiger partial charge in [0.15, 0.2) is 0 Å². The number of ether oxygens (including phenoxy) is 1. The number of aryl methyl sites for hydroxylation is 1. The van der Waals surface area contributed by atoms with Crippen molar-refractivity contribution >= 4 is 32.7 Å². The summed E-state index contributed by atoms with van der Waals surface area (Å²) in [6.07, 6.45) is 1.53. The van der Waals surface area contributed by atoms with Gasteiger partial charge in [-0.1, -0.05) is 48.5 Å². The number of aromatic nitrogens is 1. The Bertz CT molecular complexity index is 1540. The second kappa shape index (κ2) is 7.85. The number of nitrogens with zero attached hydrogens (tertiary/aromatic N) is 3. The van der Waals surface area contributed by atoms with Crippen molar-refractivity contribution in [3.8, 4) is 0 Å². The molecule has 1 aliphatic rings. The van der Waals surface area contributed by atoms with Gasteiger partial charge in [0, 0.05) is 36.6 Å². The summed E-state index contributed by atoms with van der Waals surface area (Å²) in [6.45, 7) is 5.03. The van der Waals surface area contributed by atoms with Crippen molar-refractivity contribution in [3.05, 3.63) is 102 Å². The predicted molar refractivity (Wildman–Crippen MR) is 130 cm³/mol. The zero-order valence-corrected chi connectivity index (χ0v) is 19.8. The number of hydrogen-bond donors (Lipinski definition) is 0. The average molecular weight is 474 g/mol. The van der Waals surface area contributed by atoms with E-state index in [1.165, 1.54) is 22.1 Å². The van der Waals surface area contributed by atoms with Crippen LogP contribution in [0.4, 0.5) is 0 Å². The highest BCUT2D eigenvalue weighted by molar-refractivity contribution is 7.90. The molecule has 2 heterocycles. The summed E-state index contributed by atoms with van der Waals surface area (Å²) in [7, 11) is -3.90. The van der Waals surface area contributed by atoms with Gasteiger partial charge in [-0.2, -0.15) is 5.01 Å². The molecule has 0 saturated carbocycles. The molecule has 5 rings (SSSR count). The summed E-state index contributed by atoms with van der Waals surface area (Å²) < 4.78 is 34.8. The summed E-state index contributed by atoms with van der Waals surface area (Å²) in [4.78, 5) is 12.8. The van der Waals surface area contributed by atoms with Gasteiger partial charge in [-0.15, -0.1) is 5.10 Å². The first-order valence-electron chi connectivity index (χ1n) is 10.8. The van der Waals surface area contributed by atoms with Gasteiger partial charge in [-0.3, -0.25) is 4.79 Å². The normalized spacial score (nSPS) is 18.1. The maximum Gasteiger partial charge on any atom is 0.268 e. The molecule has 4 aromatic rings. The van der Waals surface area contributed by atoms with E-state index in [2.05, 4.69) is 5.10 Å². The zero-order valence-electron chi connectivity index (χ0n) is 19.0. The van der Waals surface area contributed by atoms with Gasteiger partial charge < -0.3 is 4.74 Å². The molecule has 1 aromatic heterocycles. The lowest BCUT2D eigenvalue weighted by molar-refractivity contribution is -0.145. The highest BCUT2D eigenvalue weighted by Crippen LogP contribution is 2.41. The average Bonchev–Trinajstić information content (AvgIpc) is 3.40. The van der Waals surface area contributed by atoms with E-state index in [-0.39, 0.29) is 16.7 Å². The van der Waals surface area contributed by atoms with Crippen LogP contribution in [-0.4, -0.2) is 29.2 Å². The Morgan fingerprint density at radius 2 is 1.62 bits per heavy atom. The summed E-state index contributed by atoms with van der Waals surface area (Å²) in [6, 6.07) is 23.1. The van der Waals surface area contributed by atoms with Crippen LogP contribution in [0.3, 0.4) is 0 Å². The minimum Gasteiger partial charge on any atom is -0.443 e. The standard InChI is InChI=1S/C26H23N3O4S/c1-18-14-15-22-23(17-28(24(22)16-18)34(31,32)21-12-8-5-9-13-21)26(3)29(19(2)30)27-25(33-26)20-10-6-4-7-11-20/h4-17H,1-3H3. The molecule has 1 aliphatic heterocycles. The summed E-state index contributed by atoms with van der Waals surface area (Å²) in [5, 5.41) is 6.38. The second-order valence-electron chi connectivity index (χ2n) is 8.36. The molecular weight excluding hydrogens is 450 g/mol. The van der Waals surface area contributed by atoms with Crippen molar-refractivity contribution < 1.29 is 17.9 Å². The molecule has 0 N–H and O–H groups in total. The Morgan fingerprint density at radius 1 is 0.971 bits per heavy atom. The molecule has 0 aliphatic carbocycles. The summed E-state index contributed by atoms with van der Waals surface area (Å²) in [5.74, 6) is -0.0374. The van der Waals surface area contributed by atoms with Gasteiger partial charge in [-0.05, 0) is 42.8 Å². The molecule has 0 saturated heterocycles. The number of benzene rings is 3. The topological polar surface area (TPSA) is 81.0 Å². The number of hydrazone groups is 1. The first-order chi connectivity index (χ1) is 16.2. The van der Waals surface area contributed by atoms with E-state index >= 15 is 0 Å². The van der Waals surface area contributed by atoms with E-state index < -0.39 is 15.7 Å². The third-order valence-electron chi connectivity index (χ3n) is 5.94. The van der Waals surface area contributed by atoms with Crippen LogP contribution in [0.1, 0.15) is 30.5 Å². The molecule has 3 aromatic carbocycles. The lowest BCUT2D eigenvalue weighted by Crippen LogP contribution is -2.41. The van der Waals surface area contributed by atoms with Crippen LogP contribution < -0.4 is 0 Å². The number of fused-ring (bicyclic) bond motifs is 1. The molecule has 8 heteroatoms. The Hall–Kier alpha value is -3.91. The molecule has 0 bridgehead atoms. The van der Waals surface area contributed by atoms with Gasteiger partial charge in [0.05, 0.1) is 10.4 Å². The molecular formula is C26H23N3O4S. The summed E-state index contributed by atoms with van der Waals surface area (Å²) in [5.41, 5.74) is 1.30. The van der Waals surface area contributed by atoms with Crippen LogP contribution in [0.5, 0.6) is 0 Å². The van der Waals surface area contributed by atoms with E-state index in [0.29, 0.717) is 22.0 Å². The van der Waals surface area contributed by atoms with E-state index in [0.717, 1.165) is 5.56 Å². The lowest BCUT2D eigenvalue weighted by Gasteiger charge is -2.30. The highest BCUT2D eigenvalue weighted by atomic mass is 32.2. The van der Waals surface area contributed by atoms with Crippen molar-refractivity contribution in [3.63, 3.8) is 0 Å². The van der Waals surface area contributed by atoms with Crippen molar-refractivity contribution in [2.24, 2.45) is 5.10 Å². The zero-order chi connectivity index (χ0) is 24.1. The molecule has 0 fully saturated rings. The van der Waals surface area contributed by atoms with Crippen molar-refractivity contribution in [1.82, 2.24) is 8.98 Å². The summed E-state index contributed by atoms with van der Waals surface area (Å²) >= 11 is 0. The Labute approximate surface area is 197 Å². The maximum absolute atomic E-state index is 13.6. The second-order valence-corrected chi connectivity index (χ2v) is 10.2. The molecule has 0 radical (unpaired) electrons. The Kier molecular flexibility index (Phi) is 5.06. The molecule has 1 atom stereocenters. The van der Waals surface area contributed by atoms with E-state index in [1.807, 2.05) is 55.5 Å². The van der Waals surface area contributed by atoms with Crippen LogP contribution in [0.15, 0.2) is 95.1 Å². The fourth-order valence-corrected chi connectivity index (χ4v) is 5.64. The smallest absolute Gasteiger partial charge is 0.268 e. The van der Waals surface area contributed by atoms with Crippen LogP contribution in [0.25, 0.3) is 10.9 Å². The van der Waals surface area contributed by atoms with Gasteiger partial charge in [0.1, 0.15) is 0 Å². The number of rotatable bonds is 4. The molecule has 1 amide bonds. The first-order valence-corrected chi connectivity index (χ1v) is 12.2. The number of hydrogen-bond acceptors (Lipinski definition) is 5. The quantitative estimate of drug-likeness (QED) is 0.434. The third kappa shape index (κ3) is 3.38. The Balaban J connectivity index is 1.73. The van der Waals surface area contributed by atoms with Crippen LogP contribution >= 0.6 is 0 Å². The fourth-order valence-electron chi connectivity index (χ4n) is 4.26. The minimum absolute atomic E-state index is 0.169. The molecule has 172 valence electrons. The largest absolute Gasteiger partial charge is 0.443 e.